The number of hydrogen-bond acceptors (Lipinski definition) is 4. The normalized spacial score (nSPS) is 12.2. The van der Waals surface area contributed by atoms with Crippen LogP contribution in [0.25, 0.3) is 0 Å². The molecule has 0 fully saturated rings. The molecule has 0 aromatic heterocycles. The predicted molar refractivity (Wildman–Crippen MR) is 78.6 cm³/mol. The lowest BCUT2D eigenvalue weighted by molar-refractivity contribution is -0.124. The SMILES string of the molecule is C/C(=N\O)c1cc(C)ccc1OCC(=O)NC(C)(C)C. The van der Waals surface area contributed by atoms with Crippen LogP contribution < -0.4 is 10.1 Å². The van der Waals surface area contributed by atoms with E-state index >= 15 is 0 Å². The fourth-order valence-electron chi connectivity index (χ4n) is 1.70. The van der Waals surface area contributed by atoms with Crippen molar-refractivity contribution in [3.05, 3.63) is 29.3 Å². The topological polar surface area (TPSA) is 70.9 Å². The van der Waals surface area contributed by atoms with Gasteiger partial charge in [-0.05, 0) is 46.8 Å². The first kappa shape index (κ1) is 16.0. The standard InChI is InChI=1S/C15H22N2O3/c1-10-6-7-13(12(8-10)11(2)17-19)20-9-14(18)16-15(3,4)5/h6-8,19H,9H2,1-5H3,(H,16,18)/b17-11+. The first-order valence-electron chi connectivity index (χ1n) is 6.46. The van der Waals surface area contributed by atoms with Crippen LogP contribution >= 0.6 is 0 Å². The van der Waals surface area contributed by atoms with Crippen LogP contribution in [0.4, 0.5) is 0 Å². The van der Waals surface area contributed by atoms with E-state index < -0.39 is 0 Å². The zero-order valence-electron chi connectivity index (χ0n) is 12.7. The van der Waals surface area contributed by atoms with Crippen molar-refractivity contribution in [2.45, 2.75) is 40.2 Å². The van der Waals surface area contributed by atoms with Gasteiger partial charge in [0.25, 0.3) is 5.91 Å². The van der Waals surface area contributed by atoms with Gasteiger partial charge in [0.05, 0.1) is 5.71 Å². The molecule has 0 bridgehead atoms. The third-order valence-corrected chi connectivity index (χ3v) is 2.55. The molecule has 0 atom stereocenters. The summed E-state index contributed by atoms with van der Waals surface area (Å²) in [5, 5.41) is 14.9. The van der Waals surface area contributed by atoms with Crippen LogP contribution in [0.15, 0.2) is 23.4 Å². The minimum absolute atomic E-state index is 0.0773. The van der Waals surface area contributed by atoms with Gasteiger partial charge in [-0.1, -0.05) is 16.8 Å². The smallest absolute Gasteiger partial charge is 0.258 e. The molecule has 0 aliphatic rings. The van der Waals surface area contributed by atoms with Crippen LogP contribution in [0.2, 0.25) is 0 Å². The van der Waals surface area contributed by atoms with E-state index in [0.29, 0.717) is 17.0 Å². The van der Waals surface area contributed by atoms with Crippen LogP contribution in [0.1, 0.15) is 38.8 Å². The molecule has 0 saturated carbocycles. The van der Waals surface area contributed by atoms with E-state index in [4.69, 9.17) is 9.94 Å². The fourth-order valence-corrected chi connectivity index (χ4v) is 1.70. The van der Waals surface area contributed by atoms with Crippen LogP contribution in [-0.2, 0) is 4.79 Å². The highest BCUT2D eigenvalue weighted by Gasteiger charge is 2.15. The number of rotatable bonds is 4. The summed E-state index contributed by atoms with van der Waals surface area (Å²) >= 11 is 0. The highest BCUT2D eigenvalue weighted by molar-refractivity contribution is 6.01. The van der Waals surface area contributed by atoms with Crippen molar-refractivity contribution in [1.82, 2.24) is 5.32 Å². The molecule has 1 amide bonds. The van der Waals surface area contributed by atoms with Crippen molar-refractivity contribution < 1.29 is 14.7 Å². The highest BCUT2D eigenvalue weighted by Crippen LogP contribution is 2.21. The second kappa shape index (κ2) is 6.41. The third-order valence-electron chi connectivity index (χ3n) is 2.55. The first-order valence-corrected chi connectivity index (χ1v) is 6.46. The van der Waals surface area contributed by atoms with Crippen molar-refractivity contribution in [2.75, 3.05) is 6.61 Å². The monoisotopic (exact) mass is 278 g/mol. The van der Waals surface area contributed by atoms with Gasteiger partial charge in [0.15, 0.2) is 6.61 Å². The van der Waals surface area contributed by atoms with Gasteiger partial charge in [0, 0.05) is 11.1 Å². The summed E-state index contributed by atoms with van der Waals surface area (Å²) in [5.74, 6) is 0.331. The number of carbonyl (C=O) groups is 1. The zero-order valence-corrected chi connectivity index (χ0v) is 12.7. The Bertz CT molecular complexity index is 516. The summed E-state index contributed by atoms with van der Waals surface area (Å²) in [4.78, 5) is 11.7. The molecule has 0 saturated heterocycles. The molecular weight excluding hydrogens is 256 g/mol. The molecule has 2 N–H and O–H groups in total. The number of benzene rings is 1. The molecule has 110 valence electrons. The molecule has 0 aliphatic heterocycles. The number of aryl methyl sites for hydroxylation is 1. The molecule has 5 heteroatoms. The van der Waals surface area contributed by atoms with Crippen LogP contribution in [-0.4, -0.2) is 29.0 Å². The number of amides is 1. The van der Waals surface area contributed by atoms with Crippen molar-refractivity contribution in [1.29, 1.82) is 0 Å². The van der Waals surface area contributed by atoms with E-state index in [1.54, 1.807) is 13.0 Å². The number of hydrogen-bond donors (Lipinski definition) is 2. The van der Waals surface area contributed by atoms with E-state index in [1.807, 2.05) is 39.8 Å². The molecule has 0 heterocycles. The van der Waals surface area contributed by atoms with Gasteiger partial charge >= 0.3 is 0 Å². The number of nitrogens with one attached hydrogen (secondary N) is 1. The maximum atomic E-state index is 11.7. The summed E-state index contributed by atoms with van der Waals surface area (Å²) in [6.45, 7) is 9.26. The van der Waals surface area contributed by atoms with Gasteiger partial charge in [-0.2, -0.15) is 0 Å². The van der Waals surface area contributed by atoms with E-state index in [-0.39, 0.29) is 18.1 Å². The van der Waals surface area contributed by atoms with E-state index in [1.165, 1.54) is 0 Å². The molecule has 1 aromatic carbocycles. The number of nitrogens with zero attached hydrogens (tertiary/aromatic N) is 1. The molecule has 5 nitrogen and oxygen atoms in total. The Balaban J connectivity index is 2.81. The Morgan fingerprint density at radius 3 is 2.60 bits per heavy atom. The average Bonchev–Trinajstić information content (AvgIpc) is 2.34. The number of ether oxygens (including phenoxy) is 1. The van der Waals surface area contributed by atoms with Crippen LogP contribution in [0.3, 0.4) is 0 Å². The van der Waals surface area contributed by atoms with Gasteiger partial charge in [-0.15, -0.1) is 0 Å². The quantitative estimate of drug-likeness (QED) is 0.505. The molecule has 0 unspecified atom stereocenters. The van der Waals surface area contributed by atoms with Crippen molar-refractivity contribution in [3.8, 4) is 5.75 Å². The fraction of sp³-hybridized carbons (Fsp3) is 0.467. The van der Waals surface area contributed by atoms with Gasteiger partial charge in [0.1, 0.15) is 5.75 Å². The van der Waals surface area contributed by atoms with Crippen molar-refractivity contribution in [2.24, 2.45) is 5.16 Å². The van der Waals surface area contributed by atoms with Gasteiger partial charge in [-0.25, -0.2) is 0 Å². The number of oxime groups is 1. The molecule has 20 heavy (non-hydrogen) atoms. The minimum atomic E-state index is -0.293. The zero-order chi connectivity index (χ0) is 15.3. The Labute approximate surface area is 119 Å². The van der Waals surface area contributed by atoms with E-state index in [9.17, 15) is 4.79 Å². The van der Waals surface area contributed by atoms with Gasteiger partial charge in [-0.3, -0.25) is 4.79 Å². The lowest BCUT2D eigenvalue weighted by atomic mass is 10.1. The highest BCUT2D eigenvalue weighted by atomic mass is 16.5. The molecule has 1 aromatic rings. The minimum Gasteiger partial charge on any atom is -0.483 e. The maximum absolute atomic E-state index is 11.7. The Morgan fingerprint density at radius 1 is 1.40 bits per heavy atom. The lowest BCUT2D eigenvalue weighted by Gasteiger charge is -2.20. The van der Waals surface area contributed by atoms with E-state index in [2.05, 4.69) is 10.5 Å². The van der Waals surface area contributed by atoms with Gasteiger partial charge in [0.2, 0.25) is 0 Å². The molecule has 0 spiro atoms. The third kappa shape index (κ3) is 4.91. The second-order valence-corrected chi connectivity index (χ2v) is 5.77. The summed E-state index contributed by atoms with van der Waals surface area (Å²) in [6, 6.07) is 5.50. The Morgan fingerprint density at radius 2 is 2.05 bits per heavy atom. The van der Waals surface area contributed by atoms with Crippen LogP contribution in [0, 0.1) is 6.92 Å². The second-order valence-electron chi connectivity index (χ2n) is 5.77. The lowest BCUT2D eigenvalue weighted by Crippen LogP contribution is -2.43. The Hall–Kier alpha value is -2.04. The maximum Gasteiger partial charge on any atom is 0.258 e. The molecular formula is C15H22N2O3. The summed E-state index contributed by atoms with van der Waals surface area (Å²) < 4.78 is 5.52. The molecule has 0 radical (unpaired) electrons. The summed E-state index contributed by atoms with van der Waals surface area (Å²) in [5.41, 5.74) is 1.85. The van der Waals surface area contributed by atoms with Gasteiger partial charge < -0.3 is 15.3 Å². The van der Waals surface area contributed by atoms with Crippen LogP contribution in [0.5, 0.6) is 5.75 Å². The largest absolute Gasteiger partial charge is 0.483 e. The average molecular weight is 278 g/mol. The van der Waals surface area contributed by atoms with Crippen molar-refractivity contribution >= 4 is 11.6 Å². The first-order chi connectivity index (χ1) is 9.23. The summed E-state index contributed by atoms with van der Waals surface area (Å²) in [6.07, 6.45) is 0. The van der Waals surface area contributed by atoms with E-state index in [0.717, 1.165) is 5.56 Å². The number of carbonyl (C=O) groups excluding carboxylic acids is 1. The van der Waals surface area contributed by atoms with Crippen molar-refractivity contribution in [3.63, 3.8) is 0 Å². The predicted octanol–water partition coefficient (Wildman–Crippen LogP) is 2.49. The molecule has 0 aliphatic carbocycles. The Kier molecular flexibility index (Phi) is 5.13. The summed E-state index contributed by atoms with van der Waals surface area (Å²) in [7, 11) is 0. The molecule has 1 rings (SSSR count).